The molecule has 0 aliphatic heterocycles. The minimum absolute atomic E-state index is 0.0884. The summed E-state index contributed by atoms with van der Waals surface area (Å²) in [5, 5.41) is 11.3. The summed E-state index contributed by atoms with van der Waals surface area (Å²) >= 11 is 0. The first-order chi connectivity index (χ1) is 11.6. The van der Waals surface area contributed by atoms with Gasteiger partial charge in [-0.3, -0.25) is 0 Å². The molecule has 2 N–H and O–H groups in total. The Morgan fingerprint density at radius 3 is 2.58 bits per heavy atom. The van der Waals surface area contributed by atoms with Crippen LogP contribution in [0.5, 0.6) is 5.75 Å². The second-order valence-electron chi connectivity index (χ2n) is 4.78. The maximum Gasteiger partial charge on any atom is 0.407 e. The van der Waals surface area contributed by atoms with Crippen molar-refractivity contribution in [1.82, 2.24) is 5.32 Å². The van der Waals surface area contributed by atoms with Gasteiger partial charge in [0.05, 0.1) is 12.1 Å². The van der Waals surface area contributed by atoms with Crippen molar-refractivity contribution >= 4 is 12.1 Å². The number of carbonyl (C=O) groups is 2. The lowest BCUT2D eigenvalue weighted by Crippen LogP contribution is -2.28. The van der Waals surface area contributed by atoms with Gasteiger partial charge in [0.25, 0.3) is 0 Å². The van der Waals surface area contributed by atoms with E-state index < -0.39 is 23.4 Å². The normalized spacial score (nSPS) is 10.0. The summed E-state index contributed by atoms with van der Waals surface area (Å²) in [5.41, 5.74) is 0.402. The average molecular weight is 333 g/mol. The number of carboxylic acid groups (broad SMARTS) is 1. The molecular formula is C17H16FNO5. The fourth-order valence-corrected chi connectivity index (χ4v) is 1.85. The number of halogens is 1. The molecule has 0 spiro atoms. The summed E-state index contributed by atoms with van der Waals surface area (Å²) in [6.07, 6.45) is -0.590. The number of ether oxygens (including phenoxy) is 2. The van der Waals surface area contributed by atoms with Gasteiger partial charge in [0.1, 0.15) is 24.8 Å². The first kappa shape index (κ1) is 17.3. The molecule has 2 rings (SSSR count). The maximum absolute atomic E-state index is 13.2. The lowest BCUT2D eigenvalue weighted by molar-refractivity contribution is 0.0691. The van der Waals surface area contributed by atoms with Crippen molar-refractivity contribution in [2.75, 3.05) is 13.2 Å². The molecule has 0 fully saturated rings. The standard InChI is InChI=1S/C17H16FNO5/c18-15-7-6-13(10-14(15)16(20)21)23-9-8-19-17(22)24-11-12-4-2-1-3-5-12/h1-7,10H,8-9,11H2,(H,19,22)(H,20,21). The Balaban J connectivity index is 1.70. The largest absolute Gasteiger partial charge is 0.492 e. The Morgan fingerprint density at radius 1 is 1.12 bits per heavy atom. The Morgan fingerprint density at radius 2 is 1.88 bits per heavy atom. The molecule has 0 heterocycles. The van der Waals surface area contributed by atoms with Crippen LogP contribution in [0, 0.1) is 5.82 Å². The molecule has 0 aliphatic rings. The Kier molecular flexibility index (Phi) is 6.13. The van der Waals surface area contributed by atoms with Crippen molar-refractivity contribution < 1.29 is 28.6 Å². The number of carbonyl (C=O) groups excluding carboxylic acids is 1. The van der Waals surface area contributed by atoms with Crippen LogP contribution in [-0.2, 0) is 11.3 Å². The molecule has 0 aliphatic carbocycles. The fourth-order valence-electron chi connectivity index (χ4n) is 1.85. The number of benzene rings is 2. The van der Waals surface area contributed by atoms with E-state index in [4.69, 9.17) is 14.6 Å². The van der Waals surface area contributed by atoms with Crippen LogP contribution in [0.15, 0.2) is 48.5 Å². The molecule has 7 heteroatoms. The Labute approximate surface area is 137 Å². The number of hydrogen-bond donors (Lipinski definition) is 2. The highest BCUT2D eigenvalue weighted by molar-refractivity contribution is 5.88. The summed E-state index contributed by atoms with van der Waals surface area (Å²) in [5.74, 6) is -2.01. The molecule has 0 radical (unpaired) electrons. The molecule has 0 saturated carbocycles. The van der Waals surface area contributed by atoms with Crippen LogP contribution in [0.3, 0.4) is 0 Å². The Hall–Kier alpha value is -3.09. The number of rotatable bonds is 7. The average Bonchev–Trinajstić information content (AvgIpc) is 2.59. The van der Waals surface area contributed by atoms with Crippen LogP contribution in [0.25, 0.3) is 0 Å². The van der Waals surface area contributed by atoms with E-state index in [9.17, 15) is 14.0 Å². The van der Waals surface area contributed by atoms with Crippen molar-refractivity contribution in [3.05, 3.63) is 65.5 Å². The molecule has 0 unspecified atom stereocenters. The highest BCUT2D eigenvalue weighted by Crippen LogP contribution is 2.16. The minimum Gasteiger partial charge on any atom is -0.492 e. The van der Waals surface area contributed by atoms with E-state index >= 15 is 0 Å². The van der Waals surface area contributed by atoms with Crippen LogP contribution < -0.4 is 10.1 Å². The zero-order valence-corrected chi connectivity index (χ0v) is 12.7. The van der Waals surface area contributed by atoms with E-state index in [0.717, 1.165) is 17.7 Å². The molecular weight excluding hydrogens is 317 g/mol. The van der Waals surface area contributed by atoms with E-state index in [1.165, 1.54) is 6.07 Å². The summed E-state index contributed by atoms with van der Waals surface area (Å²) in [6, 6.07) is 12.7. The molecule has 0 bridgehead atoms. The van der Waals surface area contributed by atoms with Crippen molar-refractivity contribution in [3.8, 4) is 5.75 Å². The predicted octanol–water partition coefficient (Wildman–Crippen LogP) is 2.83. The highest BCUT2D eigenvalue weighted by atomic mass is 19.1. The third kappa shape index (κ3) is 5.28. The van der Waals surface area contributed by atoms with Gasteiger partial charge in [0.2, 0.25) is 0 Å². The van der Waals surface area contributed by atoms with Crippen molar-refractivity contribution in [2.45, 2.75) is 6.61 Å². The number of hydrogen-bond acceptors (Lipinski definition) is 4. The van der Waals surface area contributed by atoms with E-state index in [1.807, 2.05) is 30.3 Å². The molecule has 1 amide bonds. The van der Waals surface area contributed by atoms with Crippen LogP contribution in [0.1, 0.15) is 15.9 Å². The predicted molar refractivity (Wildman–Crippen MR) is 83.5 cm³/mol. The lowest BCUT2D eigenvalue weighted by atomic mass is 10.2. The van der Waals surface area contributed by atoms with Crippen molar-refractivity contribution in [3.63, 3.8) is 0 Å². The highest BCUT2D eigenvalue weighted by Gasteiger charge is 2.11. The second kappa shape index (κ2) is 8.52. The van der Waals surface area contributed by atoms with Gasteiger partial charge in [0, 0.05) is 0 Å². The molecule has 24 heavy (non-hydrogen) atoms. The van der Waals surface area contributed by atoms with Crippen molar-refractivity contribution in [2.24, 2.45) is 0 Å². The third-order valence-corrected chi connectivity index (χ3v) is 3.02. The molecule has 2 aromatic carbocycles. The van der Waals surface area contributed by atoms with Crippen LogP contribution in [0.2, 0.25) is 0 Å². The molecule has 0 saturated heterocycles. The van der Waals surface area contributed by atoms with Gasteiger partial charge < -0.3 is 19.9 Å². The second-order valence-corrected chi connectivity index (χ2v) is 4.78. The monoisotopic (exact) mass is 333 g/mol. The summed E-state index contributed by atoms with van der Waals surface area (Å²) in [7, 11) is 0. The molecule has 0 atom stereocenters. The molecule has 126 valence electrons. The smallest absolute Gasteiger partial charge is 0.407 e. The SMILES string of the molecule is O=C(NCCOc1ccc(F)c(C(=O)O)c1)OCc1ccccc1. The van der Waals surface area contributed by atoms with Gasteiger partial charge in [-0.15, -0.1) is 0 Å². The van der Waals surface area contributed by atoms with Crippen LogP contribution >= 0.6 is 0 Å². The van der Waals surface area contributed by atoms with Crippen LogP contribution in [0.4, 0.5) is 9.18 Å². The third-order valence-electron chi connectivity index (χ3n) is 3.02. The lowest BCUT2D eigenvalue weighted by Gasteiger charge is -2.09. The number of aromatic carboxylic acids is 1. The summed E-state index contributed by atoms with van der Waals surface area (Å²) in [4.78, 5) is 22.3. The number of alkyl carbamates (subject to hydrolysis) is 1. The van der Waals surface area contributed by atoms with Crippen molar-refractivity contribution in [1.29, 1.82) is 0 Å². The zero-order chi connectivity index (χ0) is 17.4. The van der Waals surface area contributed by atoms with Gasteiger partial charge in [-0.2, -0.15) is 0 Å². The van der Waals surface area contributed by atoms with Gasteiger partial charge in [0.15, 0.2) is 0 Å². The van der Waals surface area contributed by atoms with E-state index in [1.54, 1.807) is 0 Å². The quantitative estimate of drug-likeness (QED) is 0.761. The van der Waals surface area contributed by atoms with E-state index in [0.29, 0.717) is 0 Å². The first-order valence-corrected chi connectivity index (χ1v) is 7.16. The summed E-state index contributed by atoms with van der Waals surface area (Å²) in [6.45, 7) is 0.409. The van der Waals surface area contributed by atoms with Gasteiger partial charge in [-0.05, 0) is 23.8 Å². The molecule has 0 aromatic heterocycles. The minimum atomic E-state index is -1.37. The topological polar surface area (TPSA) is 84.9 Å². The van der Waals surface area contributed by atoms with Gasteiger partial charge in [-0.25, -0.2) is 14.0 Å². The Bertz CT molecular complexity index is 705. The fraction of sp³-hybridized carbons (Fsp3) is 0.176. The van der Waals surface area contributed by atoms with Crippen LogP contribution in [-0.4, -0.2) is 30.3 Å². The van der Waals surface area contributed by atoms with Gasteiger partial charge in [-0.1, -0.05) is 30.3 Å². The molecule has 6 nitrogen and oxygen atoms in total. The van der Waals surface area contributed by atoms with E-state index in [-0.39, 0.29) is 25.5 Å². The van der Waals surface area contributed by atoms with Gasteiger partial charge >= 0.3 is 12.1 Å². The number of amides is 1. The molecule has 2 aromatic rings. The first-order valence-electron chi connectivity index (χ1n) is 7.16. The maximum atomic E-state index is 13.2. The number of carboxylic acids is 1. The van der Waals surface area contributed by atoms with E-state index in [2.05, 4.69) is 5.32 Å². The number of nitrogens with one attached hydrogen (secondary N) is 1. The zero-order valence-electron chi connectivity index (χ0n) is 12.7. The summed E-state index contributed by atoms with van der Waals surface area (Å²) < 4.78 is 23.5.